The summed E-state index contributed by atoms with van der Waals surface area (Å²) in [6.45, 7) is 5.32. The molecule has 1 aromatic carbocycles. The standard InChI is InChI=1S/C11H14O2/c1-3-12-11(13-4-2)9-7-5-6-8-10(9)11/h5-8H,3-4H2,1-2H3. The van der Waals surface area contributed by atoms with Crippen molar-refractivity contribution in [3.63, 3.8) is 0 Å². The van der Waals surface area contributed by atoms with Crippen molar-refractivity contribution in [1.82, 2.24) is 0 Å². The number of benzene rings is 1. The molecule has 1 aliphatic rings. The summed E-state index contributed by atoms with van der Waals surface area (Å²) in [5, 5.41) is 0. The van der Waals surface area contributed by atoms with Crippen LogP contribution < -0.4 is 0 Å². The fourth-order valence-electron chi connectivity index (χ4n) is 1.74. The molecule has 2 nitrogen and oxygen atoms in total. The third kappa shape index (κ3) is 1.18. The summed E-state index contributed by atoms with van der Waals surface area (Å²) in [6, 6.07) is 8.14. The maximum Gasteiger partial charge on any atom is 0.223 e. The Morgan fingerprint density at radius 3 is 1.85 bits per heavy atom. The first-order valence-corrected chi connectivity index (χ1v) is 4.73. The van der Waals surface area contributed by atoms with E-state index in [1.54, 1.807) is 0 Å². The number of fused-ring (bicyclic) bond motifs is 1. The molecule has 0 bridgehead atoms. The van der Waals surface area contributed by atoms with Gasteiger partial charge in [-0.2, -0.15) is 0 Å². The van der Waals surface area contributed by atoms with E-state index in [-0.39, 0.29) is 0 Å². The third-order valence-corrected chi connectivity index (χ3v) is 2.27. The Bertz CT molecular complexity index is 276. The second-order valence-corrected chi connectivity index (χ2v) is 3.03. The lowest BCUT2D eigenvalue weighted by Crippen LogP contribution is -2.18. The Morgan fingerprint density at radius 1 is 1.00 bits per heavy atom. The van der Waals surface area contributed by atoms with Crippen molar-refractivity contribution >= 4 is 0 Å². The van der Waals surface area contributed by atoms with E-state index in [9.17, 15) is 0 Å². The molecule has 13 heavy (non-hydrogen) atoms. The smallest absolute Gasteiger partial charge is 0.223 e. The highest BCUT2D eigenvalue weighted by Gasteiger charge is 2.52. The van der Waals surface area contributed by atoms with Crippen molar-refractivity contribution in [3.05, 3.63) is 35.4 Å². The monoisotopic (exact) mass is 178 g/mol. The lowest BCUT2D eigenvalue weighted by Gasteiger charge is -2.15. The Labute approximate surface area is 78.5 Å². The highest BCUT2D eigenvalue weighted by molar-refractivity contribution is 5.54. The van der Waals surface area contributed by atoms with Crippen molar-refractivity contribution in [3.8, 4) is 0 Å². The second-order valence-electron chi connectivity index (χ2n) is 3.03. The summed E-state index contributed by atoms with van der Waals surface area (Å²) in [5.74, 6) is -0.493. The zero-order valence-corrected chi connectivity index (χ0v) is 8.04. The zero-order valence-electron chi connectivity index (χ0n) is 8.04. The van der Waals surface area contributed by atoms with E-state index in [1.165, 1.54) is 11.1 Å². The molecule has 0 saturated carbocycles. The van der Waals surface area contributed by atoms with Gasteiger partial charge in [-0.15, -0.1) is 0 Å². The molecule has 0 aliphatic heterocycles. The van der Waals surface area contributed by atoms with Crippen LogP contribution in [0.15, 0.2) is 24.3 Å². The minimum absolute atomic E-state index is 0.493. The maximum atomic E-state index is 5.63. The van der Waals surface area contributed by atoms with Gasteiger partial charge in [-0.3, -0.25) is 0 Å². The SMILES string of the molecule is CCOC1(OCC)c2ccccc21. The van der Waals surface area contributed by atoms with Gasteiger partial charge in [-0.1, -0.05) is 24.3 Å². The van der Waals surface area contributed by atoms with Gasteiger partial charge >= 0.3 is 0 Å². The summed E-state index contributed by atoms with van der Waals surface area (Å²) < 4.78 is 11.3. The first-order chi connectivity index (χ1) is 6.35. The molecule has 0 amide bonds. The number of ether oxygens (including phenoxy) is 2. The molecule has 1 aromatic rings. The number of hydrogen-bond acceptors (Lipinski definition) is 2. The molecule has 2 rings (SSSR count). The largest absolute Gasteiger partial charge is 0.342 e. The second kappa shape index (κ2) is 3.13. The lowest BCUT2D eigenvalue weighted by molar-refractivity contribution is -0.178. The van der Waals surface area contributed by atoms with Crippen molar-refractivity contribution in [2.75, 3.05) is 13.2 Å². The molecule has 0 saturated heterocycles. The first-order valence-electron chi connectivity index (χ1n) is 4.73. The molecule has 0 unspecified atom stereocenters. The summed E-state index contributed by atoms with van der Waals surface area (Å²) in [5.41, 5.74) is 2.36. The third-order valence-electron chi connectivity index (χ3n) is 2.27. The molecule has 70 valence electrons. The Kier molecular flexibility index (Phi) is 2.10. The van der Waals surface area contributed by atoms with Crippen molar-refractivity contribution in [2.45, 2.75) is 19.6 Å². The molecular formula is C11H14O2. The topological polar surface area (TPSA) is 18.5 Å². The molecule has 0 atom stereocenters. The Morgan fingerprint density at radius 2 is 1.46 bits per heavy atom. The van der Waals surface area contributed by atoms with Crippen LogP contribution in [0.25, 0.3) is 0 Å². The van der Waals surface area contributed by atoms with Crippen LogP contribution in [0.4, 0.5) is 0 Å². The van der Waals surface area contributed by atoms with Crippen LogP contribution in [0, 0.1) is 0 Å². The minimum atomic E-state index is -0.493. The van der Waals surface area contributed by atoms with E-state index in [1.807, 2.05) is 26.0 Å². The fraction of sp³-hybridized carbons (Fsp3) is 0.455. The molecule has 0 heterocycles. The molecule has 2 heteroatoms. The van der Waals surface area contributed by atoms with Crippen molar-refractivity contribution < 1.29 is 9.47 Å². The van der Waals surface area contributed by atoms with Gasteiger partial charge in [-0.25, -0.2) is 0 Å². The van der Waals surface area contributed by atoms with Gasteiger partial charge in [0.05, 0.1) is 0 Å². The van der Waals surface area contributed by atoms with Crippen molar-refractivity contribution in [2.24, 2.45) is 0 Å². The Hall–Kier alpha value is -0.860. The van der Waals surface area contributed by atoms with Crippen LogP contribution in [0.3, 0.4) is 0 Å². The molecule has 1 aliphatic carbocycles. The van der Waals surface area contributed by atoms with Crippen LogP contribution in [-0.4, -0.2) is 13.2 Å². The molecule has 0 spiro atoms. The fourth-order valence-corrected chi connectivity index (χ4v) is 1.74. The first kappa shape index (κ1) is 8.73. The van der Waals surface area contributed by atoms with E-state index in [4.69, 9.17) is 9.47 Å². The van der Waals surface area contributed by atoms with E-state index < -0.39 is 5.79 Å². The van der Waals surface area contributed by atoms with Gasteiger partial charge in [0.15, 0.2) is 0 Å². The summed E-state index contributed by atoms with van der Waals surface area (Å²) >= 11 is 0. The van der Waals surface area contributed by atoms with E-state index in [0.717, 1.165) is 0 Å². The van der Waals surface area contributed by atoms with Crippen LogP contribution in [-0.2, 0) is 15.3 Å². The van der Waals surface area contributed by atoms with Gasteiger partial charge in [0.1, 0.15) is 0 Å². The van der Waals surface area contributed by atoms with Crippen LogP contribution in [0.2, 0.25) is 0 Å². The van der Waals surface area contributed by atoms with E-state index >= 15 is 0 Å². The number of hydrogen-bond donors (Lipinski definition) is 0. The van der Waals surface area contributed by atoms with Gasteiger partial charge in [-0.05, 0) is 13.8 Å². The normalized spacial score (nSPS) is 16.8. The zero-order chi connectivity index (χ0) is 9.31. The summed E-state index contributed by atoms with van der Waals surface area (Å²) in [7, 11) is 0. The van der Waals surface area contributed by atoms with Crippen molar-refractivity contribution in [1.29, 1.82) is 0 Å². The van der Waals surface area contributed by atoms with E-state index in [2.05, 4.69) is 12.1 Å². The average Bonchev–Trinajstić information content (AvgIpc) is 2.77. The highest BCUT2D eigenvalue weighted by atomic mass is 16.7. The predicted molar refractivity (Wildman–Crippen MR) is 50.5 cm³/mol. The average molecular weight is 178 g/mol. The van der Waals surface area contributed by atoms with Gasteiger partial charge in [0.25, 0.3) is 0 Å². The van der Waals surface area contributed by atoms with Gasteiger partial charge < -0.3 is 9.47 Å². The quantitative estimate of drug-likeness (QED) is 0.658. The van der Waals surface area contributed by atoms with Gasteiger partial charge in [0, 0.05) is 24.3 Å². The summed E-state index contributed by atoms with van der Waals surface area (Å²) in [4.78, 5) is 0. The predicted octanol–water partition coefficient (Wildman–Crippen LogP) is 2.27. The lowest BCUT2D eigenvalue weighted by atomic mass is 10.4. The van der Waals surface area contributed by atoms with E-state index in [0.29, 0.717) is 13.2 Å². The molecule has 0 aromatic heterocycles. The molecule has 0 radical (unpaired) electrons. The number of rotatable bonds is 4. The van der Waals surface area contributed by atoms with Crippen LogP contribution in [0.1, 0.15) is 25.0 Å². The molecule has 0 N–H and O–H groups in total. The summed E-state index contributed by atoms with van der Waals surface area (Å²) in [6.07, 6.45) is 0. The van der Waals surface area contributed by atoms with Crippen LogP contribution in [0.5, 0.6) is 0 Å². The molecule has 0 fully saturated rings. The highest BCUT2D eigenvalue weighted by Crippen LogP contribution is 2.51. The molecular weight excluding hydrogens is 164 g/mol. The van der Waals surface area contributed by atoms with Gasteiger partial charge in [0.2, 0.25) is 5.79 Å². The minimum Gasteiger partial charge on any atom is -0.342 e. The Balaban J connectivity index is 2.22. The van der Waals surface area contributed by atoms with Crippen LogP contribution >= 0.6 is 0 Å². The maximum absolute atomic E-state index is 5.63.